The predicted octanol–water partition coefficient (Wildman–Crippen LogP) is 5.61. The highest BCUT2D eigenvalue weighted by molar-refractivity contribution is 7.92. The number of rotatable bonds is 14. The number of amides is 2. The lowest BCUT2D eigenvalue weighted by molar-refractivity contribution is -0.140. The Labute approximate surface area is 266 Å². The molecule has 9 heteroatoms. The van der Waals surface area contributed by atoms with Gasteiger partial charge in [-0.1, -0.05) is 92.2 Å². The number of hydrogen-bond donors (Lipinski definition) is 1. The van der Waals surface area contributed by atoms with Crippen molar-refractivity contribution in [1.82, 2.24) is 10.2 Å². The Kier molecular flexibility index (Phi) is 11.4. The molecular formula is C36H41N3O5S. The summed E-state index contributed by atoms with van der Waals surface area (Å²) in [4.78, 5) is 29.8. The fraction of sp³-hybridized carbons (Fsp3) is 0.278. The molecule has 0 aromatic heterocycles. The Morgan fingerprint density at radius 2 is 1.38 bits per heavy atom. The molecule has 0 bridgehead atoms. The van der Waals surface area contributed by atoms with Crippen molar-refractivity contribution in [2.75, 3.05) is 24.5 Å². The number of hydrogen-bond acceptors (Lipinski definition) is 5. The molecule has 0 spiro atoms. The maximum atomic E-state index is 14.5. The van der Waals surface area contributed by atoms with Crippen LogP contribution < -0.4 is 14.4 Å². The molecule has 1 unspecified atom stereocenters. The third kappa shape index (κ3) is 8.95. The summed E-state index contributed by atoms with van der Waals surface area (Å²) in [6.45, 7) is 5.92. The molecule has 236 valence electrons. The van der Waals surface area contributed by atoms with Gasteiger partial charge in [0.2, 0.25) is 11.8 Å². The molecule has 4 aromatic rings. The molecule has 1 N–H and O–H groups in total. The molecule has 0 aliphatic carbocycles. The molecule has 0 radical (unpaired) electrons. The lowest BCUT2D eigenvalue weighted by atomic mass is 10.0. The van der Waals surface area contributed by atoms with Crippen LogP contribution in [0.3, 0.4) is 0 Å². The van der Waals surface area contributed by atoms with Crippen LogP contribution in [0.2, 0.25) is 0 Å². The number of methoxy groups -OCH3 is 1. The zero-order chi connectivity index (χ0) is 32.4. The van der Waals surface area contributed by atoms with Crippen molar-refractivity contribution in [3.05, 3.63) is 126 Å². The second-order valence-electron chi connectivity index (χ2n) is 11.4. The zero-order valence-corrected chi connectivity index (χ0v) is 27.0. The molecule has 45 heavy (non-hydrogen) atoms. The summed E-state index contributed by atoms with van der Waals surface area (Å²) >= 11 is 0. The first-order valence-electron chi connectivity index (χ1n) is 15.0. The molecular weight excluding hydrogens is 586 g/mol. The van der Waals surface area contributed by atoms with Gasteiger partial charge in [-0.05, 0) is 60.4 Å². The smallest absolute Gasteiger partial charge is 0.264 e. The number of nitrogens with zero attached hydrogens (tertiary/aromatic N) is 2. The van der Waals surface area contributed by atoms with E-state index in [4.69, 9.17) is 4.74 Å². The number of nitrogens with one attached hydrogen (secondary N) is 1. The van der Waals surface area contributed by atoms with Crippen LogP contribution in [0.25, 0.3) is 0 Å². The van der Waals surface area contributed by atoms with Crippen LogP contribution in [-0.4, -0.2) is 51.4 Å². The van der Waals surface area contributed by atoms with Crippen molar-refractivity contribution in [3.8, 4) is 5.75 Å². The molecule has 0 aliphatic heterocycles. The van der Waals surface area contributed by atoms with Crippen LogP contribution in [0, 0.1) is 12.8 Å². The minimum absolute atomic E-state index is 0.0573. The van der Waals surface area contributed by atoms with E-state index in [2.05, 4.69) is 5.32 Å². The van der Waals surface area contributed by atoms with E-state index in [1.165, 1.54) is 24.1 Å². The van der Waals surface area contributed by atoms with E-state index in [0.717, 1.165) is 21.0 Å². The van der Waals surface area contributed by atoms with Crippen LogP contribution in [0.1, 0.15) is 30.5 Å². The summed E-state index contributed by atoms with van der Waals surface area (Å²) in [5.41, 5.74) is 2.91. The van der Waals surface area contributed by atoms with Gasteiger partial charge in [0.15, 0.2) is 0 Å². The fourth-order valence-electron chi connectivity index (χ4n) is 4.87. The highest BCUT2D eigenvalue weighted by Crippen LogP contribution is 2.27. The van der Waals surface area contributed by atoms with Crippen molar-refractivity contribution in [1.29, 1.82) is 0 Å². The number of anilines is 1. The minimum Gasteiger partial charge on any atom is -0.497 e. The van der Waals surface area contributed by atoms with E-state index < -0.39 is 28.5 Å². The Balaban J connectivity index is 1.78. The molecule has 2 amide bonds. The number of carbonyl (C=O) groups is 2. The normalized spacial score (nSPS) is 11.9. The Hall–Kier alpha value is -4.63. The third-order valence-electron chi connectivity index (χ3n) is 7.40. The number of carbonyl (C=O) groups excluding carboxylic acids is 2. The summed E-state index contributed by atoms with van der Waals surface area (Å²) in [6.07, 6.45) is 0.261. The summed E-state index contributed by atoms with van der Waals surface area (Å²) in [5, 5.41) is 3.00. The molecule has 4 aromatic carbocycles. The van der Waals surface area contributed by atoms with Gasteiger partial charge in [-0.2, -0.15) is 0 Å². The van der Waals surface area contributed by atoms with Crippen LogP contribution in [-0.2, 0) is 32.6 Å². The Morgan fingerprint density at radius 1 is 0.800 bits per heavy atom. The first kappa shape index (κ1) is 33.3. The van der Waals surface area contributed by atoms with Gasteiger partial charge in [-0.15, -0.1) is 0 Å². The standard InChI is InChI=1S/C36H41N3O5S/c1-27(2)24-37-36(41)34(23-29-11-7-5-8-12-29)38(25-30-13-9-6-10-14-30)35(40)26-39(31-17-19-32(44-4)20-18-31)45(42,43)33-21-15-28(3)16-22-33/h5-22,27,34H,23-26H2,1-4H3,(H,37,41). The van der Waals surface area contributed by atoms with E-state index in [1.807, 2.05) is 81.4 Å². The number of benzene rings is 4. The SMILES string of the molecule is COc1ccc(N(CC(=O)N(Cc2ccccc2)C(Cc2ccccc2)C(=O)NCC(C)C)S(=O)(=O)c2ccc(C)cc2)cc1. The Bertz CT molecular complexity index is 1640. The average Bonchev–Trinajstić information content (AvgIpc) is 3.05. The minimum atomic E-state index is -4.17. The highest BCUT2D eigenvalue weighted by Gasteiger charge is 2.34. The van der Waals surface area contributed by atoms with Gasteiger partial charge in [0.05, 0.1) is 17.7 Å². The molecule has 8 nitrogen and oxygen atoms in total. The van der Waals surface area contributed by atoms with E-state index in [0.29, 0.717) is 18.0 Å². The van der Waals surface area contributed by atoms with Gasteiger partial charge < -0.3 is 15.0 Å². The van der Waals surface area contributed by atoms with E-state index in [-0.39, 0.29) is 29.7 Å². The van der Waals surface area contributed by atoms with Crippen molar-refractivity contribution >= 4 is 27.5 Å². The quantitative estimate of drug-likeness (QED) is 0.196. The number of ether oxygens (including phenoxy) is 1. The number of sulfonamides is 1. The molecule has 0 fully saturated rings. The second-order valence-corrected chi connectivity index (χ2v) is 13.2. The van der Waals surface area contributed by atoms with Gasteiger partial charge in [0.25, 0.3) is 10.0 Å². The van der Waals surface area contributed by atoms with Crippen LogP contribution in [0.4, 0.5) is 5.69 Å². The lowest BCUT2D eigenvalue weighted by Gasteiger charge is -2.34. The molecule has 0 aliphatic rings. The predicted molar refractivity (Wildman–Crippen MR) is 177 cm³/mol. The van der Waals surface area contributed by atoms with E-state index in [9.17, 15) is 18.0 Å². The van der Waals surface area contributed by atoms with Gasteiger partial charge in [-0.3, -0.25) is 13.9 Å². The Morgan fingerprint density at radius 3 is 1.93 bits per heavy atom. The van der Waals surface area contributed by atoms with Crippen molar-refractivity contribution < 1.29 is 22.7 Å². The summed E-state index contributed by atoms with van der Waals surface area (Å²) in [6, 6.07) is 31.0. The molecule has 0 saturated carbocycles. The van der Waals surface area contributed by atoms with Gasteiger partial charge >= 0.3 is 0 Å². The molecule has 1 atom stereocenters. The van der Waals surface area contributed by atoms with Crippen molar-refractivity contribution in [2.24, 2.45) is 5.92 Å². The van der Waals surface area contributed by atoms with Crippen LogP contribution in [0.5, 0.6) is 5.75 Å². The maximum absolute atomic E-state index is 14.5. The van der Waals surface area contributed by atoms with Crippen molar-refractivity contribution in [3.63, 3.8) is 0 Å². The van der Waals surface area contributed by atoms with Crippen molar-refractivity contribution in [2.45, 2.75) is 44.7 Å². The second kappa shape index (κ2) is 15.4. The van der Waals surface area contributed by atoms with Crippen LogP contribution in [0.15, 0.2) is 114 Å². The summed E-state index contributed by atoms with van der Waals surface area (Å²) in [5.74, 6) is -0.0526. The largest absolute Gasteiger partial charge is 0.497 e. The molecule has 4 rings (SSSR count). The van der Waals surface area contributed by atoms with E-state index >= 15 is 0 Å². The first-order chi connectivity index (χ1) is 21.6. The monoisotopic (exact) mass is 627 g/mol. The fourth-order valence-corrected chi connectivity index (χ4v) is 6.29. The lowest BCUT2D eigenvalue weighted by Crippen LogP contribution is -2.53. The maximum Gasteiger partial charge on any atom is 0.264 e. The summed E-state index contributed by atoms with van der Waals surface area (Å²) in [7, 11) is -2.65. The summed E-state index contributed by atoms with van der Waals surface area (Å²) < 4.78 is 34.6. The first-order valence-corrected chi connectivity index (χ1v) is 16.4. The van der Waals surface area contributed by atoms with Crippen LogP contribution >= 0.6 is 0 Å². The molecule has 0 heterocycles. The highest BCUT2D eigenvalue weighted by atomic mass is 32.2. The zero-order valence-electron chi connectivity index (χ0n) is 26.2. The van der Waals surface area contributed by atoms with Gasteiger partial charge in [0.1, 0.15) is 18.3 Å². The van der Waals surface area contributed by atoms with E-state index in [1.54, 1.807) is 36.4 Å². The van der Waals surface area contributed by atoms with Gasteiger partial charge in [0, 0.05) is 19.5 Å². The van der Waals surface area contributed by atoms with Gasteiger partial charge in [-0.25, -0.2) is 8.42 Å². The number of aryl methyl sites for hydroxylation is 1. The average molecular weight is 628 g/mol. The topological polar surface area (TPSA) is 96.0 Å². The third-order valence-corrected chi connectivity index (χ3v) is 9.19. The molecule has 0 saturated heterocycles.